The molecule has 0 radical (unpaired) electrons. The molecule has 0 saturated heterocycles. The highest BCUT2D eigenvalue weighted by Crippen LogP contribution is 2.33. The number of ketones is 2. The Labute approximate surface area is 117 Å². The Balaban J connectivity index is 2.34. The van der Waals surface area contributed by atoms with Crippen LogP contribution in [0.25, 0.3) is 0 Å². The number of fused-ring (bicyclic) bond motifs is 2. The molecule has 0 heterocycles. The Kier molecular flexibility index (Phi) is 2.90. The summed E-state index contributed by atoms with van der Waals surface area (Å²) in [6.45, 7) is 1.99. The molecule has 0 bridgehead atoms. The number of benzene rings is 2. The summed E-state index contributed by atoms with van der Waals surface area (Å²) in [6.07, 6.45) is 0.739. The number of nitrogens with one attached hydrogen (secondary N) is 1. The molecule has 3 rings (SSSR count). The largest absolute Gasteiger partial charge is 0.388 e. The lowest BCUT2D eigenvalue weighted by molar-refractivity contribution is 0.0979. The summed E-state index contributed by atoms with van der Waals surface area (Å²) >= 11 is 0. The van der Waals surface area contributed by atoms with Crippen molar-refractivity contribution in [3.05, 3.63) is 64.2 Å². The molecule has 0 atom stereocenters. The van der Waals surface area contributed by atoms with Gasteiger partial charge in [-0.05, 0) is 18.1 Å². The Morgan fingerprint density at radius 3 is 2.15 bits per heavy atom. The van der Waals surface area contributed by atoms with Gasteiger partial charge < -0.3 is 5.32 Å². The molecule has 0 aliphatic heterocycles. The number of hydrogen-bond donors (Lipinski definition) is 1. The van der Waals surface area contributed by atoms with E-state index in [2.05, 4.69) is 5.32 Å². The lowest BCUT2D eigenvalue weighted by atomic mass is 9.80. The minimum absolute atomic E-state index is 0.0517. The van der Waals surface area contributed by atoms with Crippen LogP contribution >= 0.6 is 0 Å². The maximum Gasteiger partial charge on any atom is 0.196 e. The van der Waals surface area contributed by atoms with Gasteiger partial charge in [0.15, 0.2) is 11.6 Å². The zero-order valence-electron chi connectivity index (χ0n) is 11.5. The third-order valence-corrected chi connectivity index (χ3v) is 3.81. The van der Waals surface area contributed by atoms with Gasteiger partial charge in [-0.25, -0.2) is 0 Å². The first-order valence-electron chi connectivity index (χ1n) is 6.71. The van der Waals surface area contributed by atoms with Crippen molar-refractivity contribution in [2.24, 2.45) is 0 Å². The monoisotopic (exact) mass is 265 g/mol. The van der Waals surface area contributed by atoms with Crippen molar-refractivity contribution < 1.29 is 9.59 Å². The molecule has 0 aromatic heterocycles. The van der Waals surface area contributed by atoms with E-state index in [-0.39, 0.29) is 11.6 Å². The molecule has 0 unspecified atom stereocenters. The number of carbonyl (C=O) groups is 2. The molecule has 20 heavy (non-hydrogen) atoms. The molecule has 2 aromatic rings. The third kappa shape index (κ3) is 1.59. The number of aryl methyl sites for hydroxylation is 1. The molecule has 0 spiro atoms. The van der Waals surface area contributed by atoms with Crippen molar-refractivity contribution in [3.63, 3.8) is 0 Å². The minimum Gasteiger partial charge on any atom is -0.388 e. The van der Waals surface area contributed by atoms with Crippen molar-refractivity contribution in [2.45, 2.75) is 13.3 Å². The quantitative estimate of drug-likeness (QED) is 0.774. The third-order valence-electron chi connectivity index (χ3n) is 3.81. The Morgan fingerprint density at radius 2 is 1.50 bits per heavy atom. The number of hydrogen-bond acceptors (Lipinski definition) is 3. The average Bonchev–Trinajstić information content (AvgIpc) is 2.50. The van der Waals surface area contributed by atoms with Gasteiger partial charge in [-0.1, -0.05) is 37.3 Å². The molecule has 2 aromatic carbocycles. The van der Waals surface area contributed by atoms with Gasteiger partial charge in [-0.2, -0.15) is 0 Å². The first-order valence-corrected chi connectivity index (χ1v) is 6.71. The summed E-state index contributed by atoms with van der Waals surface area (Å²) in [7, 11) is 1.76. The smallest absolute Gasteiger partial charge is 0.196 e. The van der Waals surface area contributed by atoms with Gasteiger partial charge in [0.1, 0.15) is 0 Å². The van der Waals surface area contributed by atoms with Crippen LogP contribution in [0, 0.1) is 0 Å². The molecule has 3 heteroatoms. The van der Waals surface area contributed by atoms with E-state index in [1.165, 1.54) is 0 Å². The maximum atomic E-state index is 12.7. The van der Waals surface area contributed by atoms with Gasteiger partial charge in [0.2, 0.25) is 0 Å². The summed E-state index contributed by atoms with van der Waals surface area (Å²) in [5.41, 5.74) is 3.70. The Morgan fingerprint density at radius 1 is 0.900 bits per heavy atom. The SMILES string of the molecule is CCc1cccc2c1C(=O)c1cccc(NC)c1C2=O. The molecule has 0 amide bonds. The van der Waals surface area contributed by atoms with Crippen molar-refractivity contribution in [3.8, 4) is 0 Å². The van der Waals surface area contributed by atoms with E-state index < -0.39 is 0 Å². The number of anilines is 1. The molecular formula is C17H15NO2. The second-order valence-electron chi connectivity index (χ2n) is 4.83. The zero-order valence-corrected chi connectivity index (χ0v) is 11.5. The molecule has 1 N–H and O–H groups in total. The Bertz CT molecular complexity index is 668. The van der Waals surface area contributed by atoms with Crippen LogP contribution in [-0.2, 0) is 6.42 Å². The van der Waals surface area contributed by atoms with Gasteiger partial charge in [0, 0.05) is 29.4 Å². The summed E-state index contributed by atoms with van der Waals surface area (Å²) in [5, 5.41) is 2.99. The number of rotatable bonds is 2. The van der Waals surface area contributed by atoms with Crippen molar-refractivity contribution in [2.75, 3.05) is 12.4 Å². The van der Waals surface area contributed by atoms with Gasteiger partial charge in [-0.15, -0.1) is 0 Å². The first-order chi connectivity index (χ1) is 9.69. The van der Waals surface area contributed by atoms with E-state index in [9.17, 15) is 9.59 Å². The number of carbonyl (C=O) groups excluding carboxylic acids is 2. The van der Waals surface area contributed by atoms with Gasteiger partial charge in [0.25, 0.3) is 0 Å². The van der Waals surface area contributed by atoms with Crippen LogP contribution in [0.3, 0.4) is 0 Å². The van der Waals surface area contributed by atoms with Gasteiger partial charge in [-0.3, -0.25) is 9.59 Å². The fraction of sp³-hybridized carbons (Fsp3) is 0.176. The molecule has 1 aliphatic rings. The summed E-state index contributed by atoms with van der Waals surface area (Å²) < 4.78 is 0. The van der Waals surface area contributed by atoms with E-state index in [0.29, 0.717) is 27.9 Å². The highest BCUT2D eigenvalue weighted by molar-refractivity contribution is 6.30. The topological polar surface area (TPSA) is 46.2 Å². The van der Waals surface area contributed by atoms with Crippen molar-refractivity contribution in [1.82, 2.24) is 0 Å². The van der Waals surface area contributed by atoms with Crippen LogP contribution in [0.4, 0.5) is 5.69 Å². The van der Waals surface area contributed by atoms with E-state index in [1.54, 1.807) is 25.2 Å². The van der Waals surface area contributed by atoms with Crippen LogP contribution < -0.4 is 5.32 Å². The highest BCUT2D eigenvalue weighted by atomic mass is 16.1. The van der Waals surface area contributed by atoms with Gasteiger partial charge >= 0.3 is 0 Å². The van der Waals surface area contributed by atoms with Crippen LogP contribution in [0.15, 0.2) is 36.4 Å². The maximum absolute atomic E-state index is 12.7. The van der Waals surface area contributed by atoms with E-state index in [0.717, 1.165) is 12.0 Å². The normalized spacial score (nSPS) is 12.9. The molecule has 0 saturated carbocycles. The summed E-state index contributed by atoms with van der Waals surface area (Å²) in [5.74, 6) is -0.126. The predicted molar refractivity (Wildman–Crippen MR) is 78.7 cm³/mol. The van der Waals surface area contributed by atoms with Gasteiger partial charge in [0.05, 0.1) is 5.56 Å². The lowest BCUT2D eigenvalue weighted by Gasteiger charge is -2.21. The molecular weight excluding hydrogens is 250 g/mol. The van der Waals surface area contributed by atoms with E-state index >= 15 is 0 Å². The standard InChI is InChI=1S/C17H15NO2/c1-3-10-6-4-7-11-14(10)16(19)12-8-5-9-13(18-2)15(12)17(11)20/h4-9,18H,3H2,1-2H3. The van der Waals surface area contributed by atoms with Crippen LogP contribution in [0.1, 0.15) is 44.3 Å². The van der Waals surface area contributed by atoms with Crippen molar-refractivity contribution in [1.29, 1.82) is 0 Å². The van der Waals surface area contributed by atoms with E-state index in [1.807, 2.05) is 25.1 Å². The molecule has 1 aliphatic carbocycles. The van der Waals surface area contributed by atoms with Crippen LogP contribution in [0.5, 0.6) is 0 Å². The van der Waals surface area contributed by atoms with Crippen molar-refractivity contribution >= 4 is 17.3 Å². The summed E-state index contributed by atoms with van der Waals surface area (Å²) in [6, 6.07) is 10.8. The fourth-order valence-corrected chi connectivity index (χ4v) is 2.82. The van der Waals surface area contributed by atoms with Crippen LogP contribution in [-0.4, -0.2) is 18.6 Å². The minimum atomic E-state index is -0.0742. The lowest BCUT2D eigenvalue weighted by Crippen LogP contribution is -2.23. The average molecular weight is 265 g/mol. The first kappa shape index (κ1) is 12.6. The second kappa shape index (κ2) is 4.60. The molecule has 0 fully saturated rings. The van der Waals surface area contributed by atoms with Crippen LogP contribution in [0.2, 0.25) is 0 Å². The molecule has 100 valence electrons. The highest BCUT2D eigenvalue weighted by Gasteiger charge is 2.32. The Hall–Kier alpha value is -2.42. The second-order valence-corrected chi connectivity index (χ2v) is 4.83. The zero-order chi connectivity index (χ0) is 14.3. The fourth-order valence-electron chi connectivity index (χ4n) is 2.82. The van der Waals surface area contributed by atoms with E-state index in [4.69, 9.17) is 0 Å². The predicted octanol–water partition coefficient (Wildman–Crippen LogP) is 3.07. The molecule has 3 nitrogen and oxygen atoms in total. The summed E-state index contributed by atoms with van der Waals surface area (Å²) in [4.78, 5) is 25.4.